The summed E-state index contributed by atoms with van der Waals surface area (Å²) in [5.74, 6) is 0.951. The van der Waals surface area contributed by atoms with E-state index in [2.05, 4.69) is 45.1 Å². The van der Waals surface area contributed by atoms with Crippen LogP contribution in [0.1, 0.15) is 51.9 Å². The van der Waals surface area contributed by atoms with Crippen molar-refractivity contribution in [3.8, 4) is 0 Å². The molecule has 1 aromatic heterocycles. The van der Waals surface area contributed by atoms with Crippen molar-refractivity contribution in [2.24, 2.45) is 0 Å². The fourth-order valence-electron chi connectivity index (χ4n) is 2.47. The summed E-state index contributed by atoms with van der Waals surface area (Å²) in [5, 5.41) is 4.67. The molecular formula is C18H27NO2. The minimum absolute atomic E-state index is 0.272. The molecule has 0 saturated heterocycles. The van der Waals surface area contributed by atoms with Crippen LogP contribution in [0.3, 0.4) is 0 Å². The number of rotatable bonds is 8. The van der Waals surface area contributed by atoms with Crippen LogP contribution >= 0.6 is 0 Å². The van der Waals surface area contributed by atoms with Crippen molar-refractivity contribution in [1.29, 1.82) is 0 Å². The maximum absolute atomic E-state index is 6.00. The second-order valence-electron chi connectivity index (χ2n) is 5.95. The van der Waals surface area contributed by atoms with Gasteiger partial charge >= 0.3 is 0 Å². The molecule has 2 aromatic rings. The molecule has 1 atom stereocenters. The van der Waals surface area contributed by atoms with Crippen molar-refractivity contribution in [3.63, 3.8) is 0 Å². The first-order chi connectivity index (χ1) is 10.1. The van der Waals surface area contributed by atoms with E-state index in [4.69, 9.17) is 9.15 Å². The third-order valence-corrected chi connectivity index (χ3v) is 3.66. The number of hydrogen-bond acceptors (Lipinski definition) is 3. The fraction of sp³-hybridized carbons (Fsp3) is 0.556. The molecule has 1 N–H and O–H groups in total. The molecule has 0 aliphatic carbocycles. The molecule has 0 radical (unpaired) electrons. The van der Waals surface area contributed by atoms with Crippen LogP contribution in [-0.2, 0) is 17.9 Å². The summed E-state index contributed by atoms with van der Waals surface area (Å²) < 4.78 is 11.9. The molecule has 0 saturated carbocycles. The maximum atomic E-state index is 6.00. The minimum Gasteiger partial charge on any atom is -0.458 e. The number of furan rings is 1. The van der Waals surface area contributed by atoms with E-state index in [1.807, 2.05) is 12.1 Å². The summed E-state index contributed by atoms with van der Waals surface area (Å²) >= 11 is 0. The summed E-state index contributed by atoms with van der Waals surface area (Å²) in [4.78, 5) is 0. The molecule has 3 heteroatoms. The van der Waals surface area contributed by atoms with Crippen LogP contribution in [0.4, 0.5) is 0 Å². The van der Waals surface area contributed by atoms with Crippen molar-refractivity contribution in [2.75, 3.05) is 0 Å². The van der Waals surface area contributed by atoms with E-state index in [0.29, 0.717) is 12.6 Å². The van der Waals surface area contributed by atoms with Gasteiger partial charge in [-0.05, 0) is 19.4 Å². The quantitative estimate of drug-likeness (QED) is 0.769. The Balaban J connectivity index is 2.18. The summed E-state index contributed by atoms with van der Waals surface area (Å²) in [5.41, 5.74) is 2.17. The Labute approximate surface area is 127 Å². The molecule has 1 heterocycles. The van der Waals surface area contributed by atoms with Crippen LogP contribution in [-0.4, -0.2) is 12.1 Å². The molecule has 21 heavy (non-hydrogen) atoms. The van der Waals surface area contributed by atoms with Gasteiger partial charge in [-0.15, -0.1) is 0 Å². The van der Waals surface area contributed by atoms with Gasteiger partial charge in [0.15, 0.2) is 0 Å². The van der Waals surface area contributed by atoms with Crippen molar-refractivity contribution in [2.45, 2.75) is 65.8 Å². The second-order valence-corrected chi connectivity index (χ2v) is 5.95. The topological polar surface area (TPSA) is 34.4 Å². The van der Waals surface area contributed by atoms with Gasteiger partial charge in [0.1, 0.15) is 18.0 Å². The number of benzene rings is 1. The standard InChI is InChI=1S/C18H27NO2/c1-5-8-14(4)20-12-18-16(11-19-13(2)3)15-9-6-7-10-17(15)21-18/h6-7,9-10,13-14,19H,5,8,11-12H2,1-4H3. The van der Waals surface area contributed by atoms with Crippen molar-refractivity contribution < 1.29 is 9.15 Å². The van der Waals surface area contributed by atoms with E-state index in [0.717, 1.165) is 30.7 Å². The monoisotopic (exact) mass is 289 g/mol. The molecule has 0 bridgehead atoms. The largest absolute Gasteiger partial charge is 0.458 e. The van der Waals surface area contributed by atoms with E-state index in [1.54, 1.807) is 0 Å². The average molecular weight is 289 g/mol. The van der Waals surface area contributed by atoms with Gasteiger partial charge in [0.05, 0.1) is 6.10 Å². The van der Waals surface area contributed by atoms with Crippen molar-refractivity contribution in [3.05, 3.63) is 35.6 Å². The number of hydrogen-bond donors (Lipinski definition) is 1. The smallest absolute Gasteiger partial charge is 0.135 e. The highest BCUT2D eigenvalue weighted by Gasteiger charge is 2.15. The first-order valence-corrected chi connectivity index (χ1v) is 7.96. The van der Waals surface area contributed by atoms with Gasteiger partial charge < -0.3 is 14.5 Å². The lowest BCUT2D eigenvalue weighted by Gasteiger charge is -2.12. The van der Waals surface area contributed by atoms with Crippen molar-refractivity contribution in [1.82, 2.24) is 5.32 Å². The SMILES string of the molecule is CCCC(C)OCc1oc2ccccc2c1CNC(C)C. The highest BCUT2D eigenvalue weighted by molar-refractivity contribution is 5.82. The lowest BCUT2D eigenvalue weighted by Crippen LogP contribution is -2.22. The Morgan fingerprint density at radius 2 is 1.95 bits per heavy atom. The minimum atomic E-state index is 0.272. The Bertz CT molecular complexity index is 559. The molecule has 0 aliphatic heterocycles. The predicted molar refractivity (Wildman–Crippen MR) is 87.3 cm³/mol. The van der Waals surface area contributed by atoms with Gasteiger partial charge in [-0.25, -0.2) is 0 Å². The number of nitrogens with one attached hydrogen (secondary N) is 1. The van der Waals surface area contributed by atoms with Crippen LogP contribution in [0.5, 0.6) is 0 Å². The lowest BCUT2D eigenvalue weighted by atomic mass is 10.1. The highest BCUT2D eigenvalue weighted by atomic mass is 16.5. The molecule has 2 rings (SSSR count). The van der Waals surface area contributed by atoms with Gasteiger partial charge in [-0.2, -0.15) is 0 Å². The van der Waals surface area contributed by atoms with Gasteiger partial charge in [-0.1, -0.05) is 45.4 Å². The molecule has 0 spiro atoms. The molecule has 0 fully saturated rings. The highest BCUT2D eigenvalue weighted by Crippen LogP contribution is 2.27. The average Bonchev–Trinajstić information content (AvgIpc) is 2.81. The second kappa shape index (κ2) is 7.62. The molecular weight excluding hydrogens is 262 g/mol. The Morgan fingerprint density at radius 1 is 1.19 bits per heavy atom. The molecule has 1 aromatic carbocycles. The van der Waals surface area contributed by atoms with Gasteiger partial charge in [0.25, 0.3) is 0 Å². The van der Waals surface area contributed by atoms with E-state index >= 15 is 0 Å². The number of fused-ring (bicyclic) bond motifs is 1. The third-order valence-electron chi connectivity index (χ3n) is 3.66. The summed E-state index contributed by atoms with van der Waals surface area (Å²) in [6, 6.07) is 8.66. The molecule has 1 unspecified atom stereocenters. The third kappa shape index (κ3) is 4.32. The van der Waals surface area contributed by atoms with E-state index in [-0.39, 0.29) is 6.10 Å². The normalized spacial score (nSPS) is 13.2. The van der Waals surface area contributed by atoms with Crippen LogP contribution in [0, 0.1) is 0 Å². The zero-order valence-electron chi connectivity index (χ0n) is 13.6. The van der Waals surface area contributed by atoms with E-state index in [9.17, 15) is 0 Å². The molecule has 0 amide bonds. The number of ether oxygens (including phenoxy) is 1. The van der Waals surface area contributed by atoms with Gasteiger partial charge in [0, 0.05) is 23.5 Å². The molecule has 0 aliphatic rings. The van der Waals surface area contributed by atoms with Gasteiger partial charge in [0.2, 0.25) is 0 Å². The maximum Gasteiger partial charge on any atom is 0.135 e. The first kappa shape index (κ1) is 16.1. The van der Waals surface area contributed by atoms with Crippen molar-refractivity contribution >= 4 is 11.0 Å². The summed E-state index contributed by atoms with van der Waals surface area (Å²) in [6.07, 6.45) is 2.50. The Kier molecular flexibility index (Phi) is 5.83. The van der Waals surface area contributed by atoms with Crippen LogP contribution in [0.15, 0.2) is 28.7 Å². The Hall–Kier alpha value is -1.32. The lowest BCUT2D eigenvalue weighted by molar-refractivity contribution is 0.0374. The van der Waals surface area contributed by atoms with E-state index in [1.165, 1.54) is 10.9 Å². The van der Waals surface area contributed by atoms with Crippen LogP contribution < -0.4 is 5.32 Å². The van der Waals surface area contributed by atoms with Crippen LogP contribution in [0.25, 0.3) is 11.0 Å². The first-order valence-electron chi connectivity index (χ1n) is 7.96. The van der Waals surface area contributed by atoms with Gasteiger partial charge in [-0.3, -0.25) is 0 Å². The molecule has 3 nitrogen and oxygen atoms in total. The number of para-hydroxylation sites is 1. The fourth-order valence-corrected chi connectivity index (χ4v) is 2.47. The molecule has 116 valence electrons. The predicted octanol–water partition coefficient (Wildman–Crippen LogP) is 4.64. The summed E-state index contributed by atoms with van der Waals surface area (Å²) in [6.45, 7) is 9.97. The van der Waals surface area contributed by atoms with Crippen LogP contribution in [0.2, 0.25) is 0 Å². The zero-order chi connectivity index (χ0) is 15.2. The summed E-state index contributed by atoms with van der Waals surface area (Å²) in [7, 11) is 0. The van der Waals surface area contributed by atoms with E-state index < -0.39 is 0 Å². The zero-order valence-corrected chi connectivity index (χ0v) is 13.6. The Morgan fingerprint density at radius 3 is 2.67 bits per heavy atom.